The highest BCUT2D eigenvalue weighted by molar-refractivity contribution is 7.86. The van der Waals surface area contributed by atoms with Gasteiger partial charge in [0, 0.05) is 104 Å². The number of primary amides is 1. The first kappa shape index (κ1) is 83.6. The SMILES string of the molecule is CC1(C)C(/C=C/C2=C(Oc3ccc(C[C@H](NC(=O)CCOCCOCCNC(=O)C4CCN(C(=O)C[C@@H]5C[C@@H](C(=O)N6CC(F)(F)C[C@H]6C(N)=O)NC5=O)C4)C(=O)O)cc3)C(=C/C=C3/N(CCCCS(=O)(=O)[O-])c4ccc(S(=O)(=O)O)cc4C3(C)C)/CCC2)=[N+](CCCCS(=O)(=O)O)c2ccc(S(=O)(=O)O)cc21. The zero-order chi connectivity index (χ0) is 79.1. The van der Waals surface area contributed by atoms with Crippen molar-refractivity contribution in [1.82, 2.24) is 25.8 Å². The molecule has 9 N–H and O–H groups in total. The van der Waals surface area contributed by atoms with Crippen LogP contribution in [0, 0.1) is 11.8 Å². The Kier molecular flexibility index (Phi) is 26.5. The molecule has 108 heavy (non-hydrogen) atoms. The lowest BCUT2D eigenvalue weighted by atomic mass is 9.81. The summed E-state index contributed by atoms with van der Waals surface area (Å²) >= 11 is 0. The number of nitrogens with one attached hydrogen (secondary N) is 3. The highest BCUT2D eigenvalue weighted by atomic mass is 32.2. The summed E-state index contributed by atoms with van der Waals surface area (Å²) in [6, 6.07) is 10.7. The molecular formula is C71H90F2N8O23S4. The van der Waals surface area contributed by atoms with Gasteiger partial charge < -0.3 is 60.3 Å². The zero-order valence-electron chi connectivity index (χ0n) is 59.9. The van der Waals surface area contributed by atoms with Crippen molar-refractivity contribution in [2.24, 2.45) is 17.6 Å². The van der Waals surface area contributed by atoms with E-state index in [0.717, 1.165) is 0 Å². The molecule has 0 spiro atoms. The first-order chi connectivity index (χ1) is 50.5. The molecule has 590 valence electrons. The predicted molar refractivity (Wildman–Crippen MR) is 385 cm³/mol. The van der Waals surface area contributed by atoms with Crippen molar-refractivity contribution in [2.45, 2.75) is 156 Å². The first-order valence-corrected chi connectivity index (χ1v) is 41.2. The van der Waals surface area contributed by atoms with Gasteiger partial charge in [-0.1, -0.05) is 32.1 Å². The van der Waals surface area contributed by atoms with Gasteiger partial charge in [0.1, 0.15) is 36.2 Å². The van der Waals surface area contributed by atoms with Crippen LogP contribution in [0.5, 0.6) is 5.75 Å². The topological polar surface area (TPSA) is 463 Å². The second-order valence-electron chi connectivity index (χ2n) is 28.6. The zero-order valence-corrected chi connectivity index (χ0v) is 63.2. The normalized spacial score (nSPS) is 21.6. The molecule has 5 atom stereocenters. The van der Waals surface area contributed by atoms with Crippen molar-refractivity contribution in [1.29, 1.82) is 0 Å². The fourth-order valence-electron chi connectivity index (χ4n) is 14.4. The number of hydrogen-bond donors (Lipinski definition) is 8. The van der Waals surface area contributed by atoms with Crippen LogP contribution < -0.4 is 31.3 Å². The van der Waals surface area contributed by atoms with E-state index in [-0.39, 0.29) is 126 Å². The fraction of sp³-hybridized carbons (Fsp3) is 0.521. The average Bonchev–Trinajstić information content (AvgIpc) is 1.55. The summed E-state index contributed by atoms with van der Waals surface area (Å²) in [5, 5.41) is 18.0. The molecule has 9 rings (SSSR count). The third-order valence-corrected chi connectivity index (χ3v) is 23.4. The number of likely N-dealkylation sites (tertiary alicyclic amines) is 2. The van der Waals surface area contributed by atoms with E-state index in [1.54, 1.807) is 36.4 Å². The molecule has 3 saturated heterocycles. The van der Waals surface area contributed by atoms with Crippen LogP contribution >= 0.6 is 0 Å². The van der Waals surface area contributed by atoms with Crippen LogP contribution in [0.1, 0.15) is 121 Å². The summed E-state index contributed by atoms with van der Waals surface area (Å²) in [6.45, 7) is 7.36. The minimum Gasteiger partial charge on any atom is -0.748 e. The number of nitrogens with two attached hydrogens (primary N) is 1. The van der Waals surface area contributed by atoms with Gasteiger partial charge in [-0.15, -0.1) is 0 Å². The third kappa shape index (κ3) is 21.3. The molecule has 0 aromatic heterocycles. The van der Waals surface area contributed by atoms with Crippen LogP contribution in [-0.4, -0.2) is 220 Å². The molecule has 3 aromatic carbocycles. The minimum absolute atomic E-state index is 0.0272. The van der Waals surface area contributed by atoms with Gasteiger partial charge in [-0.3, -0.25) is 42.4 Å². The Hall–Kier alpha value is -8.40. The quantitative estimate of drug-likeness (QED) is 0.0230. The van der Waals surface area contributed by atoms with Crippen LogP contribution in [0.25, 0.3) is 0 Å². The fourth-order valence-corrected chi connectivity index (χ4v) is 16.6. The summed E-state index contributed by atoms with van der Waals surface area (Å²) in [4.78, 5) is 92.8. The largest absolute Gasteiger partial charge is 0.748 e. The highest BCUT2D eigenvalue weighted by Gasteiger charge is 2.53. The molecule has 6 amide bonds. The number of allylic oxidation sites excluding steroid dienone is 7. The molecule has 1 unspecified atom stereocenters. The Balaban J connectivity index is 0.820. The van der Waals surface area contributed by atoms with E-state index in [9.17, 15) is 99.3 Å². The third-order valence-electron chi connectivity index (χ3n) is 20.1. The number of amides is 6. The summed E-state index contributed by atoms with van der Waals surface area (Å²) in [5.41, 5.74) is 8.79. The van der Waals surface area contributed by atoms with Crippen molar-refractivity contribution in [2.75, 3.05) is 82.1 Å². The molecule has 37 heteroatoms. The molecule has 0 radical (unpaired) electrons. The first-order valence-electron chi connectivity index (χ1n) is 35.2. The van der Waals surface area contributed by atoms with Crippen molar-refractivity contribution in [3.8, 4) is 5.75 Å². The Morgan fingerprint density at radius 1 is 0.815 bits per heavy atom. The molecule has 3 fully saturated rings. The number of carboxylic acid groups (broad SMARTS) is 1. The van der Waals surface area contributed by atoms with Crippen LogP contribution in [0.15, 0.2) is 117 Å². The standard InChI is InChI=1S/C71H90F2N8O23S4/c1-69(2)52-39-50(107(96,97)98)18-20-56(52)79(27-5-7-34-105(90,91)92)59(69)22-14-45-10-9-11-46(15-23-60-70(3,4)53-40-51(108(99,100)101)19-21-57(53)80(60)28-6-8-35-106(93,94)95)63(45)104-49-16-12-44(13-17-49)36-55(68(88)89)76-61(82)25-30-102-32-33-103-31-26-75-65(85)47-24-29-78(42-47)62(83)38-48-37-54(77-66(48)86)67(87)81-43-71(72,73)41-58(81)64(74)84/h12-23,39-40,47-48,54-55,58H,5-11,24-38,41-43H2,1-4H3,(H9-,74,75,76,77,82,84,85,86,88,89,90,91,92,93,94,95,96,97,98,99,100,101)/t47?,48-,54-,55-,58-/m0/s1. The van der Waals surface area contributed by atoms with Gasteiger partial charge in [-0.2, -0.15) is 29.8 Å². The molecule has 3 aromatic rings. The number of hydrogen-bond acceptors (Lipinski definition) is 20. The van der Waals surface area contributed by atoms with Crippen molar-refractivity contribution >= 4 is 99.0 Å². The van der Waals surface area contributed by atoms with E-state index in [4.69, 9.17) is 19.9 Å². The molecule has 31 nitrogen and oxygen atoms in total. The van der Waals surface area contributed by atoms with E-state index in [2.05, 4.69) is 16.0 Å². The maximum absolute atomic E-state index is 14.1. The van der Waals surface area contributed by atoms with Gasteiger partial charge in [0.15, 0.2) is 5.71 Å². The lowest BCUT2D eigenvalue weighted by Gasteiger charge is -2.28. The number of carboxylic acids is 1. The number of ether oxygens (including phenoxy) is 3. The van der Waals surface area contributed by atoms with Gasteiger partial charge >= 0.3 is 5.97 Å². The summed E-state index contributed by atoms with van der Waals surface area (Å²) in [7, 11) is -18.1. The molecule has 5 aliphatic heterocycles. The summed E-state index contributed by atoms with van der Waals surface area (Å²) < 4.78 is 186. The molecule has 6 aliphatic rings. The molecule has 0 bridgehead atoms. The number of alkyl halides is 2. The van der Waals surface area contributed by atoms with Gasteiger partial charge in [0.2, 0.25) is 41.1 Å². The van der Waals surface area contributed by atoms with Crippen LogP contribution in [0.4, 0.5) is 20.2 Å². The second kappa shape index (κ2) is 34.2. The molecule has 5 heterocycles. The Bertz CT molecular complexity index is 4640. The van der Waals surface area contributed by atoms with E-state index in [1.165, 1.54) is 29.2 Å². The van der Waals surface area contributed by atoms with Crippen molar-refractivity contribution in [3.63, 3.8) is 0 Å². The number of nitrogens with zero attached hydrogens (tertiary/aromatic N) is 4. The van der Waals surface area contributed by atoms with Gasteiger partial charge in [-0.05, 0) is 142 Å². The highest BCUT2D eigenvalue weighted by Crippen LogP contribution is 2.49. The number of fused-ring (bicyclic) bond motifs is 2. The maximum Gasteiger partial charge on any atom is 0.326 e. The van der Waals surface area contributed by atoms with Crippen LogP contribution in [0.3, 0.4) is 0 Å². The summed E-state index contributed by atoms with van der Waals surface area (Å²) in [6.07, 6.45) is 8.12. The number of benzene rings is 3. The van der Waals surface area contributed by atoms with E-state index < -0.39 is 147 Å². The predicted octanol–water partition coefficient (Wildman–Crippen LogP) is 4.35. The number of unbranched alkanes of at least 4 members (excludes halogenated alkanes) is 2. The van der Waals surface area contributed by atoms with Crippen molar-refractivity contribution < 1.29 is 118 Å². The maximum atomic E-state index is 14.1. The van der Waals surface area contributed by atoms with Gasteiger partial charge in [0.05, 0.1) is 70.0 Å². The van der Waals surface area contributed by atoms with Crippen LogP contribution in [0.2, 0.25) is 0 Å². The van der Waals surface area contributed by atoms with E-state index >= 15 is 0 Å². The minimum atomic E-state index is -4.65. The number of aliphatic carboxylic acids is 1. The number of rotatable bonds is 35. The Morgan fingerprint density at radius 3 is 2.14 bits per heavy atom. The number of anilines is 1. The summed E-state index contributed by atoms with van der Waals surface area (Å²) in [5.74, 6) is -10.5. The average molecular weight is 1590 g/mol. The Labute approximate surface area is 625 Å². The Morgan fingerprint density at radius 2 is 1.48 bits per heavy atom. The number of carbonyl (C=O) groups is 7. The lowest BCUT2D eigenvalue weighted by Crippen LogP contribution is -2.50. The lowest BCUT2D eigenvalue weighted by molar-refractivity contribution is -0.438. The van der Waals surface area contributed by atoms with Crippen molar-refractivity contribution in [3.05, 3.63) is 124 Å². The van der Waals surface area contributed by atoms with Gasteiger partial charge in [0.25, 0.3) is 36.3 Å². The van der Waals surface area contributed by atoms with E-state index in [0.29, 0.717) is 92.7 Å². The van der Waals surface area contributed by atoms with Crippen LogP contribution in [-0.2, 0) is 101 Å². The van der Waals surface area contributed by atoms with E-state index in [1.807, 2.05) is 61.5 Å². The number of halogens is 2. The molecular weight excluding hydrogens is 1500 g/mol. The van der Waals surface area contributed by atoms with Gasteiger partial charge in [-0.25, -0.2) is 22.0 Å². The monoisotopic (exact) mass is 1590 g/mol. The molecule has 0 saturated carbocycles. The smallest absolute Gasteiger partial charge is 0.326 e. The number of carbonyl (C=O) groups excluding carboxylic acids is 6. The second-order valence-corrected chi connectivity index (χ2v) is 34.6. The molecule has 1 aliphatic carbocycles.